The van der Waals surface area contributed by atoms with E-state index >= 15 is 0 Å². The van der Waals surface area contributed by atoms with Crippen molar-refractivity contribution in [3.8, 4) is 0 Å². The molecule has 0 aliphatic heterocycles. The number of nitrogens with two attached hydrogens (primary N) is 1. The van der Waals surface area contributed by atoms with E-state index in [-0.39, 0.29) is 12.4 Å². The van der Waals surface area contributed by atoms with Gasteiger partial charge in [0.05, 0.1) is 24.1 Å². The molecule has 1 heterocycles. The lowest BCUT2D eigenvalue weighted by Crippen LogP contribution is -2.10. The fraction of sp³-hybridized carbons (Fsp3) is 0.333. The third-order valence-corrected chi connectivity index (χ3v) is 2.82. The van der Waals surface area contributed by atoms with E-state index in [1.807, 2.05) is 0 Å². The van der Waals surface area contributed by atoms with Crippen molar-refractivity contribution in [2.75, 3.05) is 12.3 Å². The van der Waals surface area contributed by atoms with Gasteiger partial charge in [0.15, 0.2) is 0 Å². The topological polar surface area (TPSA) is 70.1 Å². The number of fused-ring (bicyclic) bond motifs is 1. The largest absolute Gasteiger partial charge is 0.466 e. The molecule has 18 heavy (non-hydrogen) atoms. The quantitative estimate of drug-likeness (QED) is 0.863. The minimum absolute atomic E-state index is 0.249. The summed E-state index contributed by atoms with van der Waals surface area (Å²) in [7, 11) is 0. The van der Waals surface area contributed by atoms with Crippen molar-refractivity contribution in [2.45, 2.75) is 19.9 Å². The SMILES string of the molecule is CCOC(=O)CCn1c(N)nc2ccc(Cl)cc21. The zero-order chi connectivity index (χ0) is 13.1. The van der Waals surface area contributed by atoms with Gasteiger partial charge in [-0.25, -0.2) is 4.98 Å². The average Bonchev–Trinajstić information content (AvgIpc) is 2.62. The summed E-state index contributed by atoms with van der Waals surface area (Å²) in [6.45, 7) is 2.59. The Bertz CT molecular complexity index is 580. The highest BCUT2D eigenvalue weighted by Gasteiger charge is 2.10. The second-order valence-electron chi connectivity index (χ2n) is 3.81. The fourth-order valence-electron chi connectivity index (χ4n) is 1.79. The van der Waals surface area contributed by atoms with Gasteiger partial charge < -0.3 is 15.0 Å². The van der Waals surface area contributed by atoms with Gasteiger partial charge in [0.2, 0.25) is 5.95 Å². The van der Waals surface area contributed by atoms with Gasteiger partial charge in [0.1, 0.15) is 0 Å². The van der Waals surface area contributed by atoms with Crippen molar-refractivity contribution in [3.63, 3.8) is 0 Å². The Morgan fingerprint density at radius 2 is 2.33 bits per heavy atom. The van der Waals surface area contributed by atoms with Gasteiger partial charge in [0, 0.05) is 11.6 Å². The van der Waals surface area contributed by atoms with Crippen LogP contribution in [0, 0.1) is 0 Å². The number of aromatic nitrogens is 2. The predicted molar refractivity (Wildman–Crippen MR) is 70.4 cm³/mol. The second-order valence-corrected chi connectivity index (χ2v) is 4.25. The number of aryl methyl sites for hydroxylation is 1. The minimum Gasteiger partial charge on any atom is -0.466 e. The molecule has 0 amide bonds. The standard InChI is InChI=1S/C12H14ClN3O2/c1-2-18-11(17)5-6-16-10-7-8(13)3-4-9(10)15-12(16)14/h3-4,7H,2,5-6H2,1H3,(H2,14,15). The monoisotopic (exact) mass is 267 g/mol. The fourth-order valence-corrected chi connectivity index (χ4v) is 1.95. The van der Waals surface area contributed by atoms with E-state index in [0.29, 0.717) is 24.1 Å². The van der Waals surface area contributed by atoms with Gasteiger partial charge in [-0.1, -0.05) is 11.6 Å². The molecule has 2 rings (SSSR count). The summed E-state index contributed by atoms with van der Waals surface area (Å²) < 4.78 is 6.64. The van der Waals surface area contributed by atoms with E-state index < -0.39 is 0 Å². The second kappa shape index (κ2) is 5.27. The van der Waals surface area contributed by atoms with Crippen molar-refractivity contribution < 1.29 is 9.53 Å². The number of anilines is 1. The number of ether oxygens (including phenoxy) is 1. The normalized spacial score (nSPS) is 10.8. The lowest BCUT2D eigenvalue weighted by Gasteiger charge is -2.06. The van der Waals surface area contributed by atoms with Gasteiger partial charge in [-0.2, -0.15) is 0 Å². The van der Waals surface area contributed by atoms with Crippen molar-refractivity contribution >= 4 is 34.6 Å². The van der Waals surface area contributed by atoms with Gasteiger partial charge in [-0.05, 0) is 25.1 Å². The van der Waals surface area contributed by atoms with E-state index in [9.17, 15) is 4.79 Å². The number of esters is 1. The molecule has 0 aliphatic carbocycles. The minimum atomic E-state index is -0.249. The molecule has 0 fully saturated rings. The number of nitrogens with zero attached hydrogens (tertiary/aromatic N) is 2. The molecule has 0 spiro atoms. The molecule has 0 saturated heterocycles. The number of halogens is 1. The first-order chi connectivity index (χ1) is 8.61. The van der Waals surface area contributed by atoms with Crippen LogP contribution in [0.5, 0.6) is 0 Å². The van der Waals surface area contributed by atoms with E-state index in [2.05, 4.69) is 4.98 Å². The van der Waals surface area contributed by atoms with Crippen LogP contribution in [0.25, 0.3) is 11.0 Å². The number of hydrogen-bond acceptors (Lipinski definition) is 4. The summed E-state index contributed by atoms with van der Waals surface area (Å²) in [5.41, 5.74) is 7.41. The third-order valence-electron chi connectivity index (χ3n) is 2.58. The van der Waals surface area contributed by atoms with Crippen LogP contribution in [0.2, 0.25) is 5.02 Å². The molecule has 0 saturated carbocycles. The molecule has 2 N–H and O–H groups in total. The van der Waals surface area contributed by atoms with E-state index in [0.717, 1.165) is 11.0 Å². The van der Waals surface area contributed by atoms with Gasteiger partial charge in [0.25, 0.3) is 0 Å². The highest BCUT2D eigenvalue weighted by molar-refractivity contribution is 6.31. The molecule has 96 valence electrons. The van der Waals surface area contributed by atoms with Crippen LogP contribution in [0.4, 0.5) is 5.95 Å². The maximum Gasteiger partial charge on any atom is 0.307 e. The molecule has 1 aromatic carbocycles. The van der Waals surface area contributed by atoms with Crippen molar-refractivity contribution in [1.29, 1.82) is 0 Å². The molecule has 0 bridgehead atoms. The molecule has 0 radical (unpaired) electrons. The zero-order valence-electron chi connectivity index (χ0n) is 10.0. The van der Waals surface area contributed by atoms with Gasteiger partial charge in [-0.3, -0.25) is 4.79 Å². The molecule has 0 unspecified atom stereocenters. The van der Waals surface area contributed by atoms with Crippen LogP contribution < -0.4 is 5.73 Å². The number of rotatable bonds is 4. The molecule has 2 aromatic rings. The van der Waals surface area contributed by atoms with Crippen LogP contribution in [0.3, 0.4) is 0 Å². The lowest BCUT2D eigenvalue weighted by atomic mass is 10.3. The summed E-state index contributed by atoms with van der Waals surface area (Å²) in [6.07, 6.45) is 0.260. The number of imidazole rings is 1. The Balaban J connectivity index is 2.24. The number of carbonyl (C=O) groups is 1. The summed E-state index contributed by atoms with van der Waals surface area (Å²) in [5, 5.41) is 0.611. The van der Waals surface area contributed by atoms with E-state index in [1.54, 1.807) is 29.7 Å². The summed E-state index contributed by atoms with van der Waals surface area (Å²) in [4.78, 5) is 15.5. The predicted octanol–water partition coefficient (Wildman–Crippen LogP) is 2.23. The maximum atomic E-state index is 11.3. The summed E-state index contributed by atoms with van der Waals surface area (Å²) in [6, 6.07) is 5.34. The lowest BCUT2D eigenvalue weighted by molar-refractivity contribution is -0.143. The van der Waals surface area contributed by atoms with Gasteiger partial charge in [-0.15, -0.1) is 0 Å². The maximum absolute atomic E-state index is 11.3. The Labute approximate surface area is 109 Å². The number of carbonyl (C=O) groups excluding carboxylic acids is 1. The zero-order valence-corrected chi connectivity index (χ0v) is 10.8. The van der Waals surface area contributed by atoms with Crippen LogP contribution in [-0.2, 0) is 16.1 Å². The van der Waals surface area contributed by atoms with Gasteiger partial charge >= 0.3 is 5.97 Å². The first kappa shape index (κ1) is 12.7. The molecule has 0 atom stereocenters. The Kier molecular flexibility index (Phi) is 3.72. The third kappa shape index (κ3) is 2.56. The first-order valence-corrected chi connectivity index (χ1v) is 6.06. The molecule has 5 nitrogen and oxygen atoms in total. The average molecular weight is 268 g/mol. The van der Waals surface area contributed by atoms with E-state index in [4.69, 9.17) is 22.1 Å². The van der Waals surface area contributed by atoms with Crippen LogP contribution >= 0.6 is 11.6 Å². The first-order valence-electron chi connectivity index (χ1n) is 5.68. The summed E-state index contributed by atoms with van der Waals surface area (Å²) >= 11 is 5.94. The molecular formula is C12H14ClN3O2. The number of nitrogen functional groups attached to an aromatic ring is 1. The smallest absolute Gasteiger partial charge is 0.307 e. The van der Waals surface area contributed by atoms with Crippen LogP contribution in [-0.4, -0.2) is 22.1 Å². The molecule has 1 aromatic heterocycles. The Hall–Kier alpha value is -1.75. The number of benzene rings is 1. The molecule has 6 heteroatoms. The van der Waals surface area contributed by atoms with Crippen molar-refractivity contribution in [1.82, 2.24) is 9.55 Å². The molecule has 0 aliphatic rings. The highest BCUT2D eigenvalue weighted by Crippen LogP contribution is 2.22. The Morgan fingerprint density at radius 1 is 1.56 bits per heavy atom. The van der Waals surface area contributed by atoms with Crippen molar-refractivity contribution in [3.05, 3.63) is 23.2 Å². The van der Waals surface area contributed by atoms with Crippen LogP contribution in [0.1, 0.15) is 13.3 Å². The summed E-state index contributed by atoms with van der Waals surface area (Å²) in [5.74, 6) is 0.123. The Morgan fingerprint density at radius 3 is 3.06 bits per heavy atom. The number of hydrogen-bond donors (Lipinski definition) is 1. The van der Waals surface area contributed by atoms with E-state index in [1.165, 1.54) is 0 Å². The molecular weight excluding hydrogens is 254 g/mol. The van der Waals surface area contributed by atoms with Crippen LogP contribution in [0.15, 0.2) is 18.2 Å². The van der Waals surface area contributed by atoms with Crippen molar-refractivity contribution in [2.24, 2.45) is 0 Å². The highest BCUT2D eigenvalue weighted by atomic mass is 35.5.